The van der Waals surface area contributed by atoms with Crippen LogP contribution in [0.4, 0.5) is 0 Å². The highest BCUT2D eigenvalue weighted by Gasteiger charge is 2.11. The van der Waals surface area contributed by atoms with Gasteiger partial charge in [0.1, 0.15) is 0 Å². The molecule has 0 bridgehead atoms. The van der Waals surface area contributed by atoms with Gasteiger partial charge in [-0.2, -0.15) is 0 Å². The van der Waals surface area contributed by atoms with Gasteiger partial charge in [0.25, 0.3) is 0 Å². The van der Waals surface area contributed by atoms with Crippen LogP contribution in [0.3, 0.4) is 0 Å². The molecule has 1 aliphatic rings. The Hall–Kier alpha value is -0.380. The van der Waals surface area contributed by atoms with Crippen LogP contribution in [0.15, 0.2) is 12.7 Å². The number of nitrogens with one attached hydrogen (secondary N) is 1. The first-order valence-corrected chi connectivity index (χ1v) is 3.37. The summed E-state index contributed by atoms with van der Waals surface area (Å²) in [5, 5.41) is 3.34. The Morgan fingerprint density at radius 3 is 2.80 bits per heavy atom. The lowest BCUT2D eigenvalue weighted by Crippen LogP contribution is -2.47. The van der Waals surface area contributed by atoms with Gasteiger partial charge in [-0.3, -0.25) is 0 Å². The van der Waals surface area contributed by atoms with Crippen molar-refractivity contribution in [1.82, 2.24) is 16.4 Å². The predicted octanol–water partition coefficient (Wildman–Crippen LogP) is 0.238. The van der Waals surface area contributed by atoms with Gasteiger partial charge in [-0.05, 0) is 7.05 Å². The van der Waals surface area contributed by atoms with Crippen molar-refractivity contribution >= 4 is 0 Å². The first-order chi connectivity index (χ1) is 4.33. The average molecular weight is 143 g/mol. The highest BCUT2D eigenvalue weighted by Crippen LogP contribution is 1.94. The third-order valence-electron chi connectivity index (χ3n) is 1.69. The van der Waals surface area contributed by atoms with E-state index in [2.05, 4.69) is 23.8 Å². The highest BCUT2D eigenvalue weighted by atomic mass is 15.2. The Morgan fingerprint density at radius 2 is 2.40 bits per heavy atom. The van der Waals surface area contributed by atoms with Crippen molar-refractivity contribution in [3.05, 3.63) is 12.7 Å². The molecule has 1 rings (SSSR count). The Bertz CT molecular complexity index is 103. The molecule has 4 N–H and O–H groups in total. The fourth-order valence-corrected chi connectivity index (χ4v) is 1.09. The molecule has 1 heterocycles. The lowest BCUT2D eigenvalue weighted by Gasteiger charge is -2.28. The topological polar surface area (TPSA) is 50.3 Å². The fourth-order valence-electron chi connectivity index (χ4n) is 1.09. The van der Waals surface area contributed by atoms with Crippen molar-refractivity contribution in [2.24, 2.45) is 0 Å². The molecule has 0 spiro atoms. The number of likely N-dealkylation sites (N-methyl/N-ethyl adjacent to an activating group) is 1. The molecular formula is C7H17N3. The summed E-state index contributed by atoms with van der Waals surface area (Å²) in [4.78, 5) is 2.31. The lowest BCUT2D eigenvalue weighted by atomic mass is 10.2. The Labute approximate surface area is 62.7 Å². The normalized spacial score (nSPS) is 27.1. The number of rotatable bonds is 1. The molecule has 0 aromatic heterocycles. The van der Waals surface area contributed by atoms with Crippen LogP contribution in [0, 0.1) is 0 Å². The molecule has 1 unspecified atom stereocenters. The fraction of sp³-hybridized carbons (Fsp3) is 0.714. The molecule has 1 atom stereocenters. The third kappa shape index (κ3) is 2.47. The van der Waals surface area contributed by atoms with Crippen LogP contribution < -0.4 is 11.5 Å². The second-order valence-corrected chi connectivity index (χ2v) is 2.56. The minimum atomic E-state index is 0. The van der Waals surface area contributed by atoms with Crippen molar-refractivity contribution in [3.8, 4) is 0 Å². The van der Waals surface area contributed by atoms with Gasteiger partial charge in [0, 0.05) is 25.7 Å². The van der Waals surface area contributed by atoms with E-state index in [4.69, 9.17) is 0 Å². The molecule has 0 saturated carbocycles. The van der Waals surface area contributed by atoms with Gasteiger partial charge in [-0.15, -0.1) is 6.58 Å². The van der Waals surface area contributed by atoms with E-state index in [1.807, 2.05) is 6.08 Å². The van der Waals surface area contributed by atoms with Crippen molar-refractivity contribution < 1.29 is 0 Å². The monoisotopic (exact) mass is 143 g/mol. The SMILES string of the molecule is C=CC1CN(C)CCN1.N. The molecule has 0 radical (unpaired) electrons. The maximum atomic E-state index is 3.73. The van der Waals surface area contributed by atoms with E-state index in [1.165, 1.54) is 0 Å². The van der Waals surface area contributed by atoms with Gasteiger partial charge >= 0.3 is 0 Å². The highest BCUT2D eigenvalue weighted by molar-refractivity contribution is 4.90. The van der Waals surface area contributed by atoms with E-state index < -0.39 is 0 Å². The summed E-state index contributed by atoms with van der Waals surface area (Å²) in [5.74, 6) is 0. The van der Waals surface area contributed by atoms with Crippen LogP contribution in [0.1, 0.15) is 0 Å². The number of hydrogen-bond donors (Lipinski definition) is 2. The van der Waals surface area contributed by atoms with E-state index in [0.29, 0.717) is 6.04 Å². The van der Waals surface area contributed by atoms with Crippen molar-refractivity contribution in [2.45, 2.75) is 6.04 Å². The van der Waals surface area contributed by atoms with Crippen LogP contribution in [0.5, 0.6) is 0 Å². The third-order valence-corrected chi connectivity index (χ3v) is 1.69. The molecule has 3 nitrogen and oxygen atoms in total. The lowest BCUT2D eigenvalue weighted by molar-refractivity contribution is 0.261. The quantitative estimate of drug-likeness (QED) is 0.517. The molecule has 0 aromatic rings. The summed E-state index contributed by atoms with van der Waals surface area (Å²) >= 11 is 0. The van der Waals surface area contributed by atoms with Gasteiger partial charge in [0.15, 0.2) is 0 Å². The predicted molar refractivity (Wildman–Crippen MR) is 44.5 cm³/mol. The van der Waals surface area contributed by atoms with Gasteiger partial charge in [-0.1, -0.05) is 6.08 Å². The summed E-state index contributed by atoms with van der Waals surface area (Å²) in [6.07, 6.45) is 1.97. The minimum Gasteiger partial charge on any atom is -0.344 e. The molecule has 0 aliphatic carbocycles. The maximum Gasteiger partial charge on any atom is 0.0376 e. The van der Waals surface area contributed by atoms with Crippen LogP contribution in [-0.2, 0) is 0 Å². The second kappa shape index (κ2) is 4.44. The van der Waals surface area contributed by atoms with Crippen LogP contribution in [-0.4, -0.2) is 37.6 Å². The number of piperazine rings is 1. The molecule has 1 aliphatic heterocycles. The molecule has 1 saturated heterocycles. The molecule has 10 heavy (non-hydrogen) atoms. The Balaban J connectivity index is 0.000000810. The van der Waals surface area contributed by atoms with E-state index in [-0.39, 0.29) is 6.15 Å². The molecule has 1 fully saturated rings. The maximum absolute atomic E-state index is 3.73. The van der Waals surface area contributed by atoms with Gasteiger partial charge in [-0.25, -0.2) is 0 Å². The molecule has 0 amide bonds. The van der Waals surface area contributed by atoms with Crippen LogP contribution >= 0.6 is 0 Å². The largest absolute Gasteiger partial charge is 0.344 e. The average Bonchev–Trinajstić information content (AvgIpc) is 1.88. The summed E-state index contributed by atoms with van der Waals surface area (Å²) in [6.45, 7) is 7.08. The minimum absolute atomic E-state index is 0. The Kier molecular flexibility index (Phi) is 4.27. The molecular weight excluding hydrogens is 126 g/mol. The van der Waals surface area contributed by atoms with Gasteiger partial charge in [0.2, 0.25) is 0 Å². The van der Waals surface area contributed by atoms with Crippen molar-refractivity contribution in [1.29, 1.82) is 0 Å². The summed E-state index contributed by atoms with van der Waals surface area (Å²) in [7, 11) is 2.14. The summed E-state index contributed by atoms with van der Waals surface area (Å²) in [5.41, 5.74) is 0. The van der Waals surface area contributed by atoms with Crippen molar-refractivity contribution in [3.63, 3.8) is 0 Å². The van der Waals surface area contributed by atoms with Crippen LogP contribution in [0.2, 0.25) is 0 Å². The van der Waals surface area contributed by atoms with E-state index in [1.54, 1.807) is 0 Å². The summed E-state index contributed by atoms with van der Waals surface area (Å²) < 4.78 is 0. The zero-order chi connectivity index (χ0) is 6.69. The van der Waals surface area contributed by atoms with Gasteiger partial charge < -0.3 is 16.4 Å². The van der Waals surface area contributed by atoms with Crippen molar-refractivity contribution in [2.75, 3.05) is 26.7 Å². The standard InChI is InChI=1S/C7H14N2.H3N/c1-3-7-6-9(2)5-4-8-7;/h3,7-8H,1,4-6H2,2H3;1H3. The van der Waals surface area contributed by atoms with Crippen LogP contribution in [0.25, 0.3) is 0 Å². The first kappa shape index (κ1) is 9.62. The second-order valence-electron chi connectivity index (χ2n) is 2.56. The molecule has 60 valence electrons. The smallest absolute Gasteiger partial charge is 0.0376 e. The zero-order valence-electron chi connectivity index (χ0n) is 6.64. The first-order valence-electron chi connectivity index (χ1n) is 3.37. The number of nitrogens with zero attached hydrogens (tertiary/aromatic N) is 1. The molecule has 0 aromatic carbocycles. The zero-order valence-corrected chi connectivity index (χ0v) is 6.64. The van der Waals surface area contributed by atoms with E-state index in [0.717, 1.165) is 19.6 Å². The van der Waals surface area contributed by atoms with Gasteiger partial charge in [0.05, 0.1) is 0 Å². The summed E-state index contributed by atoms with van der Waals surface area (Å²) in [6, 6.07) is 0.503. The molecule has 3 heteroatoms. The number of hydrogen-bond acceptors (Lipinski definition) is 3. The van der Waals surface area contributed by atoms with E-state index in [9.17, 15) is 0 Å². The van der Waals surface area contributed by atoms with E-state index >= 15 is 0 Å². The Morgan fingerprint density at radius 1 is 1.70 bits per heavy atom.